The van der Waals surface area contributed by atoms with E-state index < -0.39 is 52.7 Å². The van der Waals surface area contributed by atoms with Crippen LogP contribution in [0.25, 0.3) is 0 Å². The van der Waals surface area contributed by atoms with Crippen LogP contribution in [-0.2, 0) is 38.1 Å². The summed E-state index contributed by atoms with van der Waals surface area (Å²) in [5, 5.41) is 3.14. The highest BCUT2D eigenvalue weighted by Gasteiger charge is 2.76. The summed E-state index contributed by atoms with van der Waals surface area (Å²) < 4.78 is 22.3. The van der Waals surface area contributed by atoms with Crippen molar-refractivity contribution in [2.45, 2.75) is 61.5 Å². The third-order valence-electron chi connectivity index (χ3n) is 7.08. The van der Waals surface area contributed by atoms with Gasteiger partial charge in [-0.05, 0) is 23.3 Å². The van der Waals surface area contributed by atoms with Crippen LogP contribution in [0.4, 0.5) is 0 Å². The fourth-order valence-corrected chi connectivity index (χ4v) is 7.78. The number of thiocarbonyl (C=S) groups is 1. The number of esters is 2. The summed E-state index contributed by atoms with van der Waals surface area (Å²) in [6, 6.07) is -1.55. The minimum atomic E-state index is -1.57. The molecule has 7 aliphatic rings. The van der Waals surface area contributed by atoms with Gasteiger partial charge in [-0.3, -0.25) is 24.1 Å². The van der Waals surface area contributed by atoms with E-state index in [1.165, 1.54) is 48.7 Å². The number of nitrogens with one attached hydrogen (secondary N) is 1. The van der Waals surface area contributed by atoms with Crippen LogP contribution in [0, 0.1) is 0 Å². The first kappa shape index (κ1) is 23.1. The van der Waals surface area contributed by atoms with Gasteiger partial charge in [0.2, 0.25) is 0 Å². The first-order valence-electron chi connectivity index (χ1n) is 11.2. The van der Waals surface area contributed by atoms with E-state index in [1.54, 1.807) is 12.2 Å². The Labute approximate surface area is 215 Å². The van der Waals surface area contributed by atoms with E-state index in [0.29, 0.717) is 11.1 Å². The first-order valence-corrected chi connectivity index (χ1v) is 12.5. The predicted octanol–water partition coefficient (Wildman–Crippen LogP) is 0.935. The number of carbonyl (C=O) groups is 4. The lowest BCUT2D eigenvalue weighted by atomic mass is 9.97. The van der Waals surface area contributed by atoms with Crippen molar-refractivity contribution in [3.63, 3.8) is 0 Å². The first-order chi connectivity index (χ1) is 17.2. The molecule has 2 amide bonds. The zero-order chi connectivity index (χ0) is 25.4. The van der Waals surface area contributed by atoms with E-state index in [9.17, 15) is 19.2 Å². The van der Waals surface area contributed by atoms with Gasteiger partial charge in [0, 0.05) is 26.7 Å². The molecule has 2 bridgehead atoms. The lowest BCUT2D eigenvalue weighted by Crippen LogP contribution is -2.77. The van der Waals surface area contributed by atoms with Crippen LogP contribution in [0.15, 0.2) is 48.3 Å². The van der Waals surface area contributed by atoms with Crippen LogP contribution in [0.2, 0.25) is 0 Å². The van der Waals surface area contributed by atoms with E-state index in [0.717, 1.165) is 11.8 Å². The Morgan fingerprint density at radius 3 is 2.11 bits per heavy atom. The number of nitrogens with zero attached hydrogens (tertiary/aromatic N) is 2. The predicted molar refractivity (Wildman–Crippen MR) is 127 cm³/mol. The number of ether oxygens (including phenoxy) is 4. The van der Waals surface area contributed by atoms with Crippen LogP contribution in [0.3, 0.4) is 0 Å². The molecule has 0 radical (unpaired) electrons. The van der Waals surface area contributed by atoms with Crippen LogP contribution < -0.4 is 5.32 Å². The van der Waals surface area contributed by atoms with Gasteiger partial charge in [0.25, 0.3) is 11.8 Å². The monoisotopic (exact) mass is 531 g/mol. The van der Waals surface area contributed by atoms with Gasteiger partial charge < -0.3 is 29.2 Å². The fraction of sp³-hybridized carbons (Fsp3) is 0.435. The number of thioether (sulfide) groups is 1. The van der Waals surface area contributed by atoms with Gasteiger partial charge in [-0.2, -0.15) is 0 Å². The molecule has 7 aliphatic heterocycles. The lowest BCUT2D eigenvalue weighted by molar-refractivity contribution is -0.178. The molecule has 5 fully saturated rings. The second-order valence-electron chi connectivity index (χ2n) is 9.22. The topological polar surface area (TPSA) is 124 Å². The number of carbonyl (C=O) groups excluding carboxylic acids is 4. The van der Waals surface area contributed by atoms with Gasteiger partial charge in [0.05, 0.1) is 31.1 Å². The van der Waals surface area contributed by atoms with Crippen molar-refractivity contribution in [3.8, 4) is 0 Å². The molecule has 0 aromatic heterocycles. The molecular formula is C23H21N3O8S2. The van der Waals surface area contributed by atoms with Crippen LogP contribution in [0.1, 0.15) is 26.7 Å². The summed E-state index contributed by atoms with van der Waals surface area (Å²) in [5.41, 5.74) is -0.349. The highest BCUT2D eigenvalue weighted by atomic mass is 32.2. The van der Waals surface area contributed by atoms with E-state index >= 15 is 0 Å². The molecule has 0 aliphatic carbocycles. The zero-order valence-electron chi connectivity index (χ0n) is 19.2. The van der Waals surface area contributed by atoms with E-state index in [1.807, 2.05) is 0 Å². The van der Waals surface area contributed by atoms with Crippen LogP contribution in [0.5, 0.6) is 0 Å². The van der Waals surface area contributed by atoms with E-state index in [2.05, 4.69) is 5.32 Å². The number of rotatable bonds is 2. The Kier molecular flexibility index (Phi) is 5.03. The van der Waals surface area contributed by atoms with Crippen LogP contribution >= 0.6 is 24.0 Å². The molecule has 0 saturated carbocycles. The number of hydrogen-bond acceptors (Lipinski definition) is 10. The van der Waals surface area contributed by atoms with Gasteiger partial charge in [0.15, 0.2) is 10.5 Å². The minimum Gasteiger partial charge on any atom is -0.473 e. The number of amides is 2. The summed E-state index contributed by atoms with van der Waals surface area (Å²) >= 11 is 6.69. The molecule has 5 saturated heterocycles. The summed E-state index contributed by atoms with van der Waals surface area (Å²) in [5.74, 6) is -1.85. The number of piperazine rings is 1. The van der Waals surface area contributed by atoms with Crippen molar-refractivity contribution in [1.82, 2.24) is 15.1 Å². The van der Waals surface area contributed by atoms with Crippen molar-refractivity contribution < 1.29 is 38.1 Å². The third-order valence-corrected chi connectivity index (χ3v) is 8.57. The smallest absolute Gasteiger partial charge is 0.303 e. The standard InChI is InChI=1S/C23H21N3O8S2/c1-11(27)33-15-3-5-31-9-13-7-22-19(29)26-18-14(10-32-6-4-16(18)34-12(2)28)8-23(26,36-21(35)24-22)20(30)25(22)17(13)15/h3-6,9-10,15-18H,7-8H2,1-2H3,(H,24,35)/t15?,16?,17?,18?,22-,23+/m1/s1. The van der Waals surface area contributed by atoms with Crippen LogP contribution in [-0.4, -0.2) is 72.7 Å². The Morgan fingerprint density at radius 1 is 0.972 bits per heavy atom. The van der Waals surface area contributed by atoms with Crippen molar-refractivity contribution in [2.75, 3.05) is 0 Å². The summed E-state index contributed by atoms with van der Waals surface area (Å²) in [7, 11) is 0. The Bertz CT molecular complexity index is 1150. The average molecular weight is 532 g/mol. The molecule has 188 valence electrons. The molecule has 1 N–H and O–H groups in total. The zero-order valence-corrected chi connectivity index (χ0v) is 20.8. The second kappa shape index (κ2) is 7.84. The molecule has 7 heterocycles. The lowest BCUT2D eigenvalue weighted by Gasteiger charge is -2.51. The fourth-order valence-electron chi connectivity index (χ4n) is 5.95. The molecule has 7 rings (SSSR count). The molecule has 11 nitrogen and oxygen atoms in total. The van der Waals surface area contributed by atoms with E-state index in [4.69, 9.17) is 31.2 Å². The maximum absolute atomic E-state index is 14.5. The third kappa shape index (κ3) is 3.01. The largest absolute Gasteiger partial charge is 0.473 e. The number of fused-ring (bicyclic) bond motifs is 4. The molecule has 13 heteroatoms. The SMILES string of the molecule is CC(=O)OC1C=COC=C2C[C@]34NC(=S)S[C@@]5(CC6=COC=CC(OC(C)=O)C6N5C3=O)C(=O)N4C21. The van der Waals surface area contributed by atoms with Crippen molar-refractivity contribution in [2.24, 2.45) is 0 Å². The Morgan fingerprint density at radius 2 is 1.53 bits per heavy atom. The normalized spacial score (nSPS) is 37.6. The molecular weight excluding hydrogens is 510 g/mol. The second-order valence-corrected chi connectivity index (χ2v) is 11.2. The van der Waals surface area contributed by atoms with Gasteiger partial charge in [-0.15, -0.1) is 0 Å². The van der Waals surface area contributed by atoms with Crippen molar-refractivity contribution in [3.05, 3.63) is 48.3 Å². The quantitative estimate of drug-likeness (QED) is 0.404. The van der Waals surface area contributed by atoms with Gasteiger partial charge >= 0.3 is 11.9 Å². The van der Waals surface area contributed by atoms with Gasteiger partial charge in [-0.25, -0.2) is 0 Å². The highest BCUT2D eigenvalue weighted by Crippen LogP contribution is 2.58. The molecule has 0 aromatic rings. The maximum atomic E-state index is 14.5. The maximum Gasteiger partial charge on any atom is 0.303 e. The molecule has 2 spiro atoms. The van der Waals surface area contributed by atoms with E-state index in [-0.39, 0.29) is 23.1 Å². The minimum absolute atomic E-state index is 0.0608. The summed E-state index contributed by atoms with van der Waals surface area (Å²) in [6.45, 7) is 2.56. The van der Waals surface area contributed by atoms with Crippen molar-refractivity contribution in [1.29, 1.82) is 0 Å². The molecule has 6 atom stereocenters. The summed E-state index contributed by atoms with van der Waals surface area (Å²) in [4.78, 5) is 54.3. The van der Waals surface area contributed by atoms with Gasteiger partial charge in [-0.1, -0.05) is 24.0 Å². The number of hydrogen-bond donors (Lipinski definition) is 1. The molecule has 36 heavy (non-hydrogen) atoms. The highest BCUT2D eigenvalue weighted by molar-refractivity contribution is 8.24. The Balaban J connectivity index is 1.52. The van der Waals surface area contributed by atoms with Gasteiger partial charge in [0.1, 0.15) is 22.6 Å². The molecule has 4 unspecified atom stereocenters. The molecule has 0 aromatic carbocycles. The Hall–Kier alpha value is -3.32. The summed E-state index contributed by atoms with van der Waals surface area (Å²) in [6.07, 6.45) is 7.25. The average Bonchev–Trinajstić information content (AvgIpc) is 3.06. The van der Waals surface area contributed by atoms with Crippen molar-refractivity contribution >= 4 is 52.1 Å².